The predicted octanol–water partition coefficient (Wildman–Crippen LogP) is 3.51. The van der Waals surface area contributed by atoms with Crippen molar-refractivity contribution in [2.24, 2.45) is 0 Å². The molecular weight excluding hydrogens is 232 g/mol. The summed E-state index contributed by atoms with van der Waals surface area (Å²) in [5, 5.41) is 9.62. The van der Waals surface area contributed by atoms with Gasteiger partial charge in [-0.3, -0.25) is 0 Å². The van der Waals surface area contributed by atoms with Gasteiger partial charge >= 0.3 is 0 Å². The number of nitrogens with zero attached hydrogens (tertiary/aromatic N) is 1. The minimum absolute atomic E-state index is 0.365. The van der Waals surface area contributed by atoms with Crippen molar-refractivity contribution in [3.8, 4) is 0 Å². The van der Waals surface area contributed by atoms with Crippen LogP contribution in [0.1, 0.15) is 40.4 Å². The Bertz CT molecular complexity index is 482. The number of aryl methyl sites for hydroxylation is 3. The molecule has 1 N–H and O–H groups in total. The maximum atomic E-state index is 5.15. The Morgan fingerprint density at radius 2 is 2.18 bits per heavy atom. The van der Waals surface area contributed by atoms with E-state index < -0.39 is 0 Å². The Morgan fingerprint density at radius 3 is 2.71 bits per heavy atom. The molecule has 2 rings (SSSR count). The molecule has 0 aromatic carbocycles. The molecule has 0 saturated carbocycles. The molecule has 0 aliphatic rings. The van der Waals surface area contributed by atoms with E-state index in [0.29, 0.717) is 6.04 Å². The summed E-state index contributed by atoms with van der Waals surface area (Å²) in [5.41, 5.74) is 3.50. The summed E-state index contributed by atoms with van der Waals surface area (Å²) in [5.74, 6) is 0.908. The molecule has 0 bridgehead atoms. The third-order valence-corrected chi connectivity index (χ3v) is 4.26. The van der Waals surface area contributed by atoms with Crippen molar-refractivity contribution >= 4 is 11.3 Å². The number of nitrogens with one attached hydrogen (secondary N) is 1. The average molecular weight is 250 g/mol. The summed E-state index contributed by atoms with van der Waals surface area (Å²) in [6, 6.07) is 2.53. The van der Waals surface area contributed by atoms with E-state index in [1.54, 1.807) is 11.3 Å². The quantitative estimate of drug-likeness (QED) is 0.902. The van der Waals surface area contributed by atoms with Crippen LogP contribution in [0.5, 0.6) is 0 Å². The molecule has 0 amide bonds. The van der Waals surface area contributed by atoms with Gasteiger partial charge in [0.15, 0.2) is 0 Å². The van der Waals surface area contributed by atoms with E-state index in [0.717, 1.165) is 18.0 Å². The van der Waals surface area contributed by atoms with E-state index in [1.807, 2.05) is 13.8 Å². The second kappa shape index (κ2) is 5.02. The highest BCUT2D eigenvalue weighted by Gasteiger charge is 2.13. The van der Waals surface area contributed by atoms with Crippen LogP contribution in [0.2, 0.25) is 0 Å². The van der Waals surface area contributed by atoms with E-state index in [4.69, 9.17) is 4.52 Å². The molecule has 4 heteroatoms. The lowest BCUT2D eigenvalue weighted by Crippen LogP contribution is -2.18. The number of hydrogen-bond donors (Lipinski definition) is 1. The van der Waals surface area contributed by atoms with Gasteiger partial charge in [-0.15, -0.1) is 11.3 Å². The van der Waals surface area contributed by atoms with E-state index in [2.05, 4.69) is 35.8 Å². The molecule has 2 aromatic rings. The Balaban J connectivity index is 2.02. The van der Waals surface area contributed by atoms with Crippen LogP contribution in [-0.2, 0) is 6.54 Å². The van der Waals surface area contributed by atoms with E-state index in [1.165, 1.54) is 16.0 Å². The lowest BCUT2D eigenvalue weighted by molar-refractivity contribution is 0.391. The van der Waals surface area contributed by atoms with Gasteiger partial charge in [-0.05, 0) is 44.7 Å². The first-order valence-corrected chi connectivity index (χ1v) is 6.66. The summed E-state index contributed by atoms with van der Waals surface area (Å²) in [6.45, 7) is 9.09. The Hall–Kier alpha value is -1.13. The molecule has 0 fully saturated rings. The fourth-order valence-electron chi connectivity index (χ4n) is 1.93. The highest BCUT2D eigenvalue weighted by molar-refractivity contribution is 7.10. The van der Waals surface area contributed by atoms with Crippen LogP contribution in [0.4, 0.5) is 0 Å². The van der Waals surface area contributed by atoms with Crippen LogP contribution in [0.25, 0.3) is 0 Å². The van der Waals surface area contributed by atoms with Crippen molar-refractivity contribution in [2.75, 3.05) is 0 Å². The minimum Gasteiger partial charge on any atom is -0.361 e. The van der Waals surface area contributed by atoms with Crippen LogP contribution >= 0.6 is 11.3 Å². The third kappa shape index (κ3) is 2.58. The number of hydrogen-bond acceptors (Lipinski definition) is 4. The maximum absolute atomic E-state index is 5.15. The zero-order chi connectivity index (χ0) is 12.4. The van der Waals surface area contributed by atoms with Gasteiger partial charge in [0.2, 0.25) is 0 Å². The molecular formula is C13H18N2OS. The Morgan fingerprint density at radius 1 is 1.41 bits per heavy atom. The molecule has 1 unspecified atom stereocenters. The van der Waals surface area contributed by atoms with Crippen LogP contribution < -0.4 is 5.32 Å². The van der Waals surface area contributed by atoms with Gasteiger partial charge in [-0.2, -0.15) is 0 Å². The van der Waals surface area contributed by atoms with Gasteiger partial charge in [0, 0.05) is 23.0 Å². The van der Waals surface area contributed by atoms with Gasteiger partial charge in [0.25, 0.3) is 0 Å². The van der Waals surface area contributed by atoms with Crippen molar-refractivity contribution in [3.63, 3.8) is 0 Å². The number of rotatable bonds is 4. The smallest absolute Gasteiger partial charge is 0.138 e. The molecule has 17 heavy (non-hydrogen) atoms. The SMILES string of the molecule is Cc1ccsc1C(C)NCc1c(C)noc1C. The lowest BCUT2D eigenvalue weighted by Gasteiger charge is -2.13. The van der Waals surface area contributed by atoms with Crippen molar-refractivity contribution in [1.29, 1.82) is 0 Å². The summed E-state index contributed by atoms with van der Waals surface area (Å²) >= 11 is 1.80. The normalized spacial score (nSPS) is 12.9. The van der Waals surface area contributed by atoms with E-state index in [-0.39, 0.29) is 0 Å². The van der Waals surface area contributed by atoms with Crippen molar-refractivity contribution in [1.82, 2.24) is 10.5 Å². The molecule has 3 nitrogen and oxygen atoms in total. The summed E-state index contributed by atoms with van der Waals surface area (Å²) in [6.07, 6.45) is 0. The van der Waals surface area contributed by atoms with Crippen molar-refractivity contribution in [2.45, 2.75) is 40.3 Å². The minimum atomic E-state index is 0.365. The van der Waals surface area contributed by atoms with Crippen LogP contribution in [0.3, 0.4) is 0 Å². The molecule has 0 aliphatic carbocycles. The fraction of sp³-hybridized carbons (Fsp3) is 0.462. The molecule has 2 heterocycles. The van der Waals surface area contributed by atoms with Crippen LogP contribution in [-0.4, -0.2) is 5.16 Å². The first-order chi connectivity index (χ1) is 8.09. The van der Waals surface area contributed by atoms with Crippen molar-refractivity contribution < 1.29 is 4.52 Å². The van der Waals surface area contributed by atoms with Gasteiger partial charge in [0.05, 0.1) is 5.69 Å². The molecule has 2 aromatic heterocycles. The molecule has 0 spiro atoms. The predicted molar refractivity (Wildman–Crippen MR) is 70.3 cm³/mol. The Kier molecular flexibility index (Phi) is 3.64. The third-order valence-electron chi connectivity index (χ3n) is 3.06. The highest BCUT2D eigenvalue weighted by atomic mass is 32.1. The second-order valence-electron chi connectivity index (χ2n) is 4.37. The van der Waals surface area contributed by atoms with Gasteiger partial charge in [-0.25, -0.2) is 0 Å². The van der Waals surface area contributed by atoms with Gasteiger partial charge < -0.3 is 9.84 Å². The first kappa shape index (κ1) is 12.3. The van der Waals surface area contributed by atoms with Crippen LogP contribution in [0.15, 0.2) is 16.0 Å². The standard InChI is InChI=1S/C13H18N2OS/c1-8-5-6-17-13(8)10(3)14-7-12-9(2)15-16-11(12)4/h5-6,10,14H,7H2,1-4H3. The van der Waals surface area contributed by atoms with Crippen molar-refractivity contribution in [3.05, 3.63) is 38.9 Å². The lowest BCUT2D eigenvalue weighted by atomic mass is 10.1. The maximum Gasteiger partial charge on any atom is 0.138 e. The summed E-state index contributed by atoms with van der Waals surface area (Å²) in [4.78, 5) is 1.40. The second-order valence-corrected chi connectivity index (χ2v) is 5.32. The fourth-order valence-corrected chi connectivity index (χ4v) is 2.89. The zero-order valence-electron chi connectivity index (χ0n) is 10.7. The number of thiophene rings is 1. The Labute approximate surface area is 106 Å². The molecule has 0 radical (unpaired) electrons. The topological polar surface area (TPSA) is 38.1 Å². The molecule has 92 valence electrons. The monoisotopic (exact) mass is 250 g/mol. The van der Waals surface area contributed by atoms with Gasteiger partial charge in [-0.1, -0.05) is 5.16 Å². The first-order valence-electron chi connectivity index (χ1n) is 5.78. The van der Waals surface area contributed by atoms with E-state index in [9.17, 15) is 0 Å². The zero-order valence-corrected chi connectivity index (χ0v) is 11.5. The average Bonchev–Trinajstić information content (AvgIpc) is 2.84. The van der Waals surface area contributed by atoms with Crippen LogP contribution in [0, 0.1) is 20.8 Å². The number of aromatic nitrogens is 1. The summed E-state index contributed by atoms with van der Waals surface area (Å²) in [7, 11) is 0. The highest BCUT2D eigenvalue weighted by Crippen LogP contribution is 2.24. The molecule has 0 aliphatic heterocycles. The van der Waals surface area contributed by atoms with E-state index >= 15 is 0 Å². The molecule has 0 saturated heterocycles. The van der Waals surface area contributed by atoms with Gasteiger partial charge in [0.1, 0.15) is 5.76 Å². The summed E-state index contributed by atoms with van der Waals surface area (Å²) < 4.78 is 5.15. The largest absolute Gasteiger partial charge is 0.361 e. The molecule has 1 atom stereocenters.